The van der Waals surface area contributed by atoms with Gasteiger partial charge in [0.25, 0.3) is 0 Å². The fourth-order valence-corrected chi connectivity index (χ4v) is 1.41. The quantitative estimate of drug-likeness (QED) is 0.815. The number of aromatic hydroxyl groups is 1. The topological polar surface area (TPSA) is 57.5 Å². The number of carboxylic acids is 1. The Hall–Kier alpha value is -1.51. The van der Waals surface area contributed by atoms with Gasteiger partial charge in [0.1, 0.15) is 5.75 Å². The second kappa shape index (κ2) is 4.82. The number of carbonyl (C=O) groups is 1. The van der Waals surface area contributed by atoms with Crippen LogP contribution < -0.4 is 0 Å². The van der Waals surface area contributed by atoms with Crippen LogP contribution in [0.1, 0.15) is 26.7 Å². The molecule has 0 amide bonds. The van der Waals surface area contributed by atoms with E-state index in [4.69, 9.17) is 10.2 Å². The van der Waals surface area contributed by atoms with Gasteiger partial charge in [0.2, 0.25) is 0 Å². The molecule has 0 aromatic rings. The average Bonchev–Trinajstić information content (AvgIpc) is 2.16. The van der Waals surface area contributed by atoms with E-state index >= 15 is 0 Å². The van der Waals surface area contributed by atoms with Crippen LogP contribution in [0, 0.1) is 5.92 Å². The summed E-state index contributed by atoms with van der Waals surface area (Å²) < 4.78 is 0. The normalized spacial score (nSPS) is 10.6. The van der Waals surface area contributed by atoms with Crippen LogP contribution in [0.3, 0.4) is 0 Å². The van der Waals surface area contributed by atoms with E-state index in [1.54, 1.807) is 6.07 Å². The van der Waals surface area contributed by atoms with E-state index in [1.807, 2.05) is 26.0 Å². The first-order valence-electron chi connectivity index (χ1n) is 5.16. The molecule has 0 radical (unpaired) electrons. The molecule has 0 aromatic heterocycles. The van der Waals surface area contributed by atoms with Crippen LogP contribution in [0.2, 0.25) is 0 Å². The second-order valence-electron chi connectivity index (χ2n) is 3.58. The number of hydrogen-bond acceptors (Lipinski definition) is 2. The maximum absolute atomic E-state index is 10.2. The lowest BCUT2D eigenvalue weighted by Gasteiger charge is -2.14. The number of benzene rings is 1. The summed E-state index contributed by atoms with van der Waals surface area (Å²) in [6.07, 6.45) is 1.48. The SMILES string of the molecule is CCC(CC)C(=O)O.Oc1cc2ccc1-2. The Morgan fingerprint density at radius 3 is 1.93 bits per heavy atom. The van der Waals surface area contributed by atoms with E-state index < -0.39 is 5.97 Å². The van der Waals surface area contributed by atoms with Crippen molar-refractivity contribution in [1.82, 2.24) is 0 Å². The van der Waals surface area contributed by atoms with Crippen LogP contribution in [-0.4, -0.2) is 16.2 Å². The summed E-state index contributed by atoms with van der Waals surface area (Å²) in [5.41, 5.74) is 2.22. The molecule has 2 N–H and O–H groups in total. The monoisotopic (exact) mass is 208 g/mol. The fraction of sp³-hybridized carbons (Fsp3) is 0.417. The molecule has 2 aliphatic rings. The second-order valence-corrected chi connectivity index (χ2v) is 3.58. The molecule has 0 fully saturated rings. The van der Waals surface area contributed by atoms with E-state index in [1.165, 1.54) is 5.56 Å². The van der Waals surface area contributed by atoms with E-state index in [2.05, 4.69) is 0 Å². The van der Waals surface area contributed by atoms with Gasteiger partial charge in [-0.15, -0.1) is 0 Å². The Balaban J connectivity index is 0.000000150. The standard InChI is InChI=1S/C6H12O2.C6H4O/c1-3-5(4-2)6(7)8;7-6-3-4-1-2-5(4)6/h5H,3-4H2,1-2H3,(H,7,8);1-3,7H. The van der Waals surface area contributed by atoms with Gasteiger partial charge in [-0.05, 0) is 24.5 Å². The third kappa shape index (κ3) is 2.49. The molecule has 0 heterocycles. The molecule has 3 heteroatoms. The predicted molar refractivity (Wildman–Crippen MR) is 58.8 cm³/mol. The zero-order valence-electron chi connectivity index (χ0n) is 9.03. The Labute approximate surface area is 89.4 Å². The molecule has 0 unspecified atom stereocenters. The van der Waals surface area contributed by atoms with Crippen molar-refractivity contribution in [1.29, 1.82) is 0 Å². The molecule has 15 heavy (non-hydrogen) atoms. The lowest BCUT2D eigenvalue weighted by molar-refractivity contribution is -0.141. The number of aliphatic carboxylic acids is 1. The molecular formula is C12H16O3. The molecule has 0 atom stereocenters. The van der Waals surface area contributed by atoms with Crippen LogP contribution in [0.5, 0.6) is 5.75 Å². The lowest BCUT2D eigenvalue weighted by Crippen LogP contribution is -2.10. The number of phenolic OH excluding ortho intramolecular Hbond substituents is 1. The molecule has 0 saturated heterocycles. The van der Waals surface area contributed by atoms with Gasteiger partial charge in [0.05, 0.1) is 5.92 Å². The van der Waals surface area contributed by atoms with Gasteiger partial charge < -0.3 is 10.2 Å². The summed E-state index contributed by atoms with van der Waals surface area (Å²) in [4.78, 5) is 10.2. The minimum atomic E-state index is -0.671. The maximum atomic E-state index is 10.2. The van der Waals surface area contributed by atoms with E-state index in [9.17, 15) is 4.79 Å². The molecule has 3 nitrogen and oxygen atoms in total. The number of fused-ring (bicyclic) bond motifs is 1. The first-order chi connectivity index (χ1) is 7.10. The number of phenols is 1. The van der Waals surface area contributed by atoms with Crippen molar-refractivity contribution >= 4 is 5.97 Å². The van der Waals surface area contributed by atoms with Crippen molar-refractivity contribution in [2.75, 3.05) is 0 Å². The first kappa shape index (κ1) is 11.6. The average molecular weight is 208 g/mol. The summed E-state index contributed by atoms with van der Waals surface area (Å²) in [6.45, 7) is 3.78. The summed E-state index contributed by atoms with van der Waals surface area (Å²) in [6, 6.07) is 5.65. The minimum Gasteiger partial charge on any atom is -0.507 e. The first-order valence-corrected chi connectivity index (χ1v) is 5.16. The highest BCUT2D eigenvalue weighted by Crippen LogP contribution is 2.41. The highest BCUT2D eigenvalue weighted by molar-refractivity contribution is 5.83. The number of hydrogen-bond donors (Lipinski definition) is 2. The summed E-state index contributed by atoms with van der Waals surface area (Å²) in [5.74, 6) is -0.359. The highest BCUT2D eigenvalue weighted by atomic mass is 16.4. The molecule has 0 aromatic carbocycles. The largest absolute Gasteiger partial charge is 0.507 e. The molecule has 2 rings (SSSR count). The van der Waals surface area contributed by atoms with Crippen molar-refractivity contribution < 1.29 is 15.0 Å². The van der Waals surface area contributed by atoms with Crippen molar-refractivity contribution in [3.63, 3.8) is 0 Å². The fourth-order valence-electron chi connectivity index (χ4n) is 1.41. The Morgan fingerprint density at radius 1 is 1.33 bits per heavy atom. The van der Waals surface area contributed by atoms with Crippen LogP contribution in [0.25, 0.3) is 11.1 Å². The van der Waals surface area contributed by atoms with E-state index in [-0.39, 0.29) is 5.92 Å². The molecule has 0 saturated carbocycles. The highest BCUT2D eigenvalue weighted by Gasteiger charge is 2.14. The van der Waals surface area contributed by atoms with Gasteiger partial charge in [-0.2, -0.15) is 0 Å². The number of carboxylic acid groups (broad SMARTS) is 1. The van der Waals surface area contributed by atoms with Crippen molar-refractivity contribution in [3.05, 3.63) is 18.2 Å². The molecule has 0 aliphatic heterocycles. The van der Waals surface area contributed by atoms with Crippen molar-refractivity contribution in [2.45, 2.75) is 26.7 Å². The number of rotatable bonds is 3. The van der Waals surface area contributed by atoms with E-state index in [0.717, 1.165) is 18.4 Å². The van der Waals surface area contributed by atoms with Crippen LogP contribution in [0.4, 0.5) is 0 Å². The summed E-state index contributed by atoms with van der Waals surface area (Å²) in [7, 11) is 0. The van der Waals surface area contributed by atoms with Gasteiger partial charge in [-0.25, -0.2) is 0 Å². The van der Waals surface area contributed by atoms with Crippen molar-refractivity contribution in [2.24, 2.45) is 5.92 Å². The smallest absolute Gasteiger partial charge is 0.306 e. The summed E-state index contributed by atoms with van der Waals surface area (Å²) >= 11 is 0. The van der Waals surface area contributed by atoms with Gasteiger partial charge in [0, 0.05) is 5.56 Å². The molecular weight excluding hydrogens is 192 g/mol. The van der Waals surface area contributed by atoms with Crippen LogP contribution in [0.15, 0.2) is 18.2 Å². The van der Waals surface area contributed by atoms with Gasteiger partial charge in [-0.1, -0.05) is 26.0 Å². The van der Waals surface area contributed by atoms with Gasteiger partial charge in [0.15, 0.2) is 0 Å². The van der Waals surface area contributed by atoms with Gasteiger partial charge in [-0.3, -0.25) is 4.79 Å². The lowest BCUT2D eigenvalue weighted by atomic mass is 9.93. The summed E-state index contributed by atoms with van der Waals surface area (Å²) in [5, 5.41) is 17.1. The van der Waals surface area contributed by atoms with E-state index in [0.29, 0.717) is 5.75 Å². The zero-order chi connectivity index (χ0) is 11.4. The molecule has 2 aliphatic carbocycles. The Bertz CT molecular complexity index is 354. The molecule has 0 bridgehead atoms. The predicted octanol–water partition coefficient (Wildman–Crippen LogP) is 2.88. The maximum Gasteiger partial charge on any atom is 0.306 e. The molecule has 0 spiro atoms. The third-order valence-corrected chi connectivity index (χ3v) is 2.64. The Morgan fingerprint density at radius 2 is 1.93 bits per heavy atom. The zero-order valence-corrected chi connectivity index (χ0v) is 9.03. The minimum absolute atomic E-state index is 0.130. The van der Waals surface area contributed by atoms with Crippen LogP contribution >= 0.6 is 0 Å². The van der Waals surface area contributed by atoms with Crippen LogP contribution in [-0.2, 0) is 4.79 Å². The van der Waals surface area contributed by atoms with Crippen molar-refractivity contribution in [3.8, 4) is 16.9 Å². The Kier molecular flexibility index (Phi) is 3.72. The third-order valence-electron chi connectivity index (χ3n) is 2.64. The van der Waals surface area contributed by atoms with Gasteiger partial charge >= 0.3 is 5.97 Å². The molecule has 82 valence electrons.